The Morgan fingerprint density at radius 1 is 1.12 bits per heavy atom. The second-order valence-electron chi connectivity index (χ2n) is 5.64. The van der Waals surface area contributed by atoms with Gasteiger partial charge in [-0.2, -0.15) is 4.98 Å². The Hall–Kier alpha value is -2.65. The number of nitrogens with one attached hydrogen (secondary N) is 2. The smallest absolute Gasteiger partial charge is 0.238 e. The first-order valence-corrected chi connectivity index (χ1v) is 8.95. The summed E-state index contributed by atoms with van der Waals surface area (Å²) in [6.07, 6.45) is 3.80. The van der Waals surface area contributed by atoms with Crippen LogP contribution in [0.3, 0.4) is 0 Å². The highest BCUT2D eigenvalue weighted by Gasteiger charge is 2.23. The number of aromatic nitrogens is 2. The van der Waals surface area contributed by atoms with Crippen LogP contribution in [0.1, 0.15) is 12.8 Å². The molecule has 2 aromatic heterocycles. The normalized spacial score (nSPS) is 14.7. The number of primary sulfonamides is 1. The van der Waals surface area contributed by atoms with Crippen molar-refractivity contribution in [2.24, 2.45) is 5.14 Å². The van der Waals surface area contributed by atoms with Gasteiger partial charge in [-0.1, -0.05) is 0 Å². The van der Waals surface area contributed by atoms with Crippen molar-refractivity contribution in [1.82, 2.24) is 9.97 Å². The number of hydrogen-bond acceptors (Lipinski definition) is 7. The predicted octanol–water partition coefficient (Wildman–Crippen LogP) is 2.19. The molecule has 0 spiro atoms. The highest BCUT2D eigenvalue weighted by molar-refractivity contribution is 7.89. The molecule has 9 heteroatoms. The Morgan fingerprint density at radius 3 is 2.54 bits per heavy atom. The number of hydrogen-bond donors (Lipinski definition) is 3. The number of sulfonamides is 1. The molecule has 4 rings (SSSR count). The number of fused-ring (bicyclic) bond motifs is 1. The van der Waals surface area contributed by atoms with Crippen molar-refractivity contribution in [2.75, 3.05) is 10.6 Å². The van der Waals surface area contributed by atoms with Crippen LogP contribution in [-0.2, 0) is 10.0 Å². The Kier molecular flexibility index (Phi) is 3.39. The molecule has 24 heavy (non-hydrogen) atoms. The van der Waals surface area contributed by atoms with Crippen LogP contribution in [0.4, 0.5) is 17.5 Å². The number of benzene rings is 1. The summed E-state index contributed by atoms with van der Waals surface area (Å²) in [6.45, 7) is 0. The first-order chi connectivity index (χ1) is 11.5. The van der Waals surface area contributed by atoms with Crippen molar-refractivity contribution in [1.29, 1.82) is 0 Å². The minimum Gasteiger partial charge on any atom is -0.459 e. The van der Waals surface area contributed by atoms with Crippen LogP contribution < -0.4 is 15.8 Å². The molecule has 0 atom stereocenters. The Balaban J connectivity index is 1.64. The van der Waals surface area contributed by atoms with Gasteiger partial charge < -0.3 is 15.1 Å². The largest absolute Gasteiger partial charge is 0.459 e. The van der Waals surface area contributed by atoms with E-state index < -0.39 is 10.0 Å². The van der Waals surface area contributed by atoms with Gasteiger partial charge in [0.1, 0.15) is 5.52 Å². The number of nitrogens with two attached hydrogens (primary N) is 1. The standard InChI is InChI=1S/C15H15N5O3S/c16-24(21,22)11-5-3-10(4-6-11)18-15-19-12-7-8-23-13(12)14(20-15)17-9-1-2-9/h3-9H,1-2H2,(H2,16,21,22)(H2,17,18,19,20). The summed E-state index contributed by atoms with van der Waals surface area (Å²) in [5, 5.41) is 11.5. The van der Waals surface area contributed by atoms with Crippen LogP contribution in [0.15, 0.2) is 45.9 Å². The third-order valence-corrected chi connectivity index (χ3v) is 4.59. The molecule has 0 aliphatic heterocycles. The second kappa shape index (κ2) is 5.46. The van der Waals surface area contributed by atoms with E-state index in [1.54, 1.807) is 24.5 Å². The molecule has 1 saturated carbocycles. The van der Waals surface area contributed by atoms with E-state index in [2.05, 4.69) is 20.6 Å². The van der Waals surface area contributed by atoms with Crippen molar-refractivity contribution in [3.8, 4) is 0 Å². The van der Waals surface area contributed by atoms with E-state index in [0.29, 0.717) is 34.6 Å². The quantitative estimate of drug-likeness (QED) is 0.647. The first-order valence-electron chi connectivity index (χ1n) is 7.41. The van der Waals surface area contributed by atoms with E-state index in [1.807, 2.05) is 0 Å². The van der Waals surface area contributed by atoms with Gasteiger partial charge in [0, 0.05) is 17.8 Å². The van der Waals surface area contributed by atoms with Crippen molar-refractivity contribution in [3.63, 3.8) is 0 Å². The molecule has 0 amide bonds. The van der Waals surface area contributed by atoms with Crippen LogP contribution in [0.2, 0.25) is 0 Å². The number of furan rings is 1. The van der Waals surface area contributed by atoms with Crippen LogP contribution in [0.25, 0.3) is 11.1 Å². The second-order valence-corrected chi connectivity index (χ2v) is 7.21. The van der Waals surface area contributed by atoms with Gasteiger partial charge >= 0.3 is 0 Å². The van der Waals surface area contributed by atoms with Crippen LogP contribution >= 0.6 is 0 Å². The maximum absolute atomic E-state index is 11.3. The summed E-state index contributed by atoms with van der Waals surface area (Å²) < 4.78 is 28.0. The van der Waals surface area contributed by atoms with Gasteiger partial charge in [-0.3, -0.25) is 0 Å². The number of anilines is 3. The van der Waals surface area contributed by atoms with Gasteiger partial charge in [0.15, 0.2) is 11.4 Å². The molecule has 124 valence electrons. The first kappa shape index (κ1) is 14.9. The van der Waals surface area contributed by atoms with Crippen molar-refractivity contribution >= 4 is 38.6 Å². The summed E-state index contributed by atoms with van der Waals surface area (Å²) in [4.78, 5) is 8.89. The molecule has 0 bridgehead atoms. The van der Waals surface area contributed by atoms with Crippen LogP contribution in [0, 0.1) is 0 Å². The minimum absolute atomic E-state index is 0.0512. The van der Waals surface area contributed by atoms with Crippen LogP contribution in [0.5, 0.6) is 0 Å². The lowest BCUT2D eigenvalue weighted by molar-refractivity contribution is 0.598. The lowest BCUT2D eigenvalue weighted by Gasteiger charge is -2.09. The van der Waals surface area contributed by atoms with Gasteiger partial charge in [-0.05, 0) is 37.1 Å². The van der Waals surface area contributed by atoms with E-state index in [-0.39, 0.29) is 4.90 Å². The maximum atomic E-state index is 11.3. The molecule has 0 saturated heterocycles. The summed E-state index contributed by atoms with van der Waals surface area (Å²) in [7, 11) is -3.71. The third kappa shape index (κ3) is 3.03. The Bertz CT molecular complexity index is 994. The Labute approximate surface area is 138 Å². The molecule has 1 aliphatic carbocycles. The fourth-order valence-corrected chi connectivity index (χ4v) is 2.81. The highest BCUT2D eigenvalue weighted by atomic mass is 32.2. The fourth-order valence-electron chi connectivity index (χ4n) is 2.30. The highest BCUT2D eigenvalue weighted by Crippen LogP contribution is 2.30. The van der Waals surface area contributed by atoms with Crippen molar-refractivity contribution < 1.29 is 12.8 Å². The van der Waals surface area contributed by atoms with Gasteiger partial charge in [-0.25, -0.2) is 18.5 Å². The molecule has 1 aromatic carbocycles. The van der Waals surface area contributed by atoms with Gasteiger partial charge in [0.25, 0.3) is 0 Å². The Morgan fingerprint density at radius 2 is 1.88 bits per heavy atom. The molecular weight excluding hydrogens is 330 g/mol. The molecule has 1 fully saturated rings. The van der Waals surface area contributed by atoms with Gasteiger partial charge in [0.05, 0.1) is 11.2 Å². The van der Waals surface area contributed by atoms with Crippen molar-refractivity contribution in [2.45, 2.75) is 23.8 Å². The summed E-state index contributed by atoms with van der Waals surface area (Å²) in [6, 6.07) is 8.27. The van der Waals surface area contributed by atoms with Crippen molar-refractivity contribution in [3.05, 3.63) is 36.6 Å². The molecular formula is C15H15N5O3S. The van der Waals surface area contributed by atoms with E-state index in [1.165, 1.54) is 12.1 Å². The zero-order valence-electron chi connectivity index (χ0n) is 12.6. The average Bonchev–Trinajstić information content (AvgIpc) is 3.21. The fraction of sp³-hybridized carbons (Fsp3) is 0.200. The summed E-state index contributed by atoms with van der Waals surface area (Å²) in [5.74, 6) is 1.05. The molecule has 4 N–H and O–H groups in total. The molecule has 0 unspecified atom stereocenters. The summed E-state index contributed by atoms with van der Waals surface area (Å²) in [5.41, 5.74) is 1.97. The van der Waals surface area contributed by atoms with Crippen LogP contribution in [-0.4, -0.2) is 24.4 Å². The third-order valence-electron chi connectivity index (χ3n) is 3.66. The lowest BCUT2D eigenvalue weighted by Crippen LogP contribution is -2.11. The van der Waals surface area contributed by atoms with Gasteiger partial charge in [-0.15, -0.1) is 0 Å². The molecule has 1 aliphatic rings. The zero-order chi connectivity index (χ0) is 16.7. The maximum Gasteiger partial charge on any atom is 0.238 e. The molecule has 8 nitrogen and oxygen atoms in total. The molecule has 3 aromatic rings. The predicted molar refractivity (Wildman–Crippen MR) is 89.5 cm³/mol. The monoisotopic (exact) mass is 345 g/mol. The number of nitrogens with zero attached hydrogens (tertiary/aromatic N) is 2. The van der Waals surface area contributed by atoms with Gasteiger partial charge in [0.2, 0.25) is 16.0 Å². The summed E-state index contributed by atoms with van der Waals surface area (Å²) >= 11 is 0. The van der Waals surface area contributed by atoms with E-state index in [4.69, 9.17) is 9.56 Å². The lowest BCUT2D eigenvalue weighted by atomic mass is 10.3. The van der Waals surface area contributed by atoms with E-state index in [9.17, 15) is 8.42 Å². The number of rotatable bonds is 5. The molecule has 0 radical (unpaired) electrons. The van der Waals surface area contributed by atoms with E-state index >= 15 is 0 Å². The molecule has 2 heterocycles. The van der Waals surface area contributed by atoms with E-state index in [0.717, 1.165) is 12.8 Å². The zero-order valence-corrected chi connectivity index (χ0v) is 13.4. The minimum atomic E-state index is -3.71. The topological polar surface area (TPSA) is 123 Å². The SMILES string of the molecule is NS(=O)(=O)c1ccc(Nc2nc(NC3CC3)c3occc3n2)cc1. The average molecular weight is 345 g/mol.